The second-order valence-electron chi connectivity index (χ2n) is 10.5. The van der Waals surface area contributed by atoms with Gasteiger partial charge in [0.2, 0.25) is 5.95 Å². The Morgan fingerprint density at radius 1 is 0.875 bits per heavy atom. The van der Waals surface area contributed by atoms with Crippen LogP contribution in [0.1, 0.15) is 18.4 Å². The summed E-state index contributed by atoms with van der Waals surface area (Å²) < 4.78 is 39.2. The molecule has 0 atom stereocenters. The average molecular weight is 546 g/mol. The van der Waals surface area contributed by atoms with Gasteiger partial charge in [-0.1, -0.05) is 18.2 Å². The summed E-state index contributed by atoms with van der Waals surface area (Å²) >= 11 is 0. The predicted octanol–water partition coefficient (Wildman–Crippen LogP) is 5.40. The average Bonchev–Trinajstić information content (AvgIpc) is 3.00. The van der Waals surface area contributed by atoms with E-state index in [4.69, 9.17) is 19.4 Å². The number of benzene rings is 3. The summed E-state index contributed by atoms with van der Waals surface area (Å²) in [4.78, 5) is 14.0. The van der Waals surface area contributed by atoms with Crippen LogP contribution in [0.25, 0.3) is 10.9 Å². The van der Waals surface area contributed by atoms with Gasteiger partial charge in [0.05, 0.1) is 12.6 Å². The van der Waals surface area contributed by atoms with E-state index in [1.807, 2.05) is 18.2 Å². The molecule has 0 aliphatic carbocycles. The number of ether oxygens (including phenoxy) is 2. The number of aromatic nitrogens is 2. The van der Waals surface area contributed by atoms with Gasteiger partial charge in [-0.25, -0.2) is 13.8 Å². The van der Waals surface area contributed by atoms with E-state index in [2.05, 4.69) is 27.2 Å². The quantitative estimate of drug-likeness (QED) is 0.334. The van der Waals surface area contributed by atoms with Gasteiger partial charge >= 0.3 is 0 Å². The van der Waals surface area contributed by atoms with E-state index in [9.17, 15) is 8.78 Å². The number of methoxy groups -OCH3 is 1. The van der Waals surface area contributed by atoms with Crippen LogP contribution in [0.5, 0.6) is 5.75 Å². The Labute approximate surface area is 232 Å². The summed E-state index contributed by atoms with van der Waals surface area (Å²) in [6.07, 6.45) is 1.72. The van der Waals surface area contributed by atoms with Crippen molar-refractivity contribution < 1.29 is 18.3 Å². The number of anilines is 3. The van der Waals surface area contributed by atoms with E-state index < -0.39 is 0 Å². The fourth-order valence-electron chi connectivity index (χ4n) is 5.73. The molecule has 3 aromatic carbocycles. The molecule has 3 heterocycles. The van der Waals surface area contributed by atoms with E-state index in [-0.39, 0.29) is 17.0 Å². The van der Waals surface area contributed by atoms with E-state index in [1.165, 1.54) is 23.8 Å². The number of nitrogens with one attached hydrogen (secondary N) is 1. The first-order valence-electron chi connectivity index (χ1n) is 13.7. The standard InChI is InChI=1S/C31H33F2N5O2/c1-39-26-8-5-22(6-9-26)31(11-17-40-18-12-31)21-34-29-27-20-24(33)7-10-28(27)35-30(36-29)38-15-13-37(14-16-38)25-4-2-3-23(32)19-25/h2-10,19-20H,11-18,21H2,1H3,(H,34,35,36). The molecule has 40 heavy (non-hydrogen) atoms. The predicted molar refractivity (Wildman–Crippen MR) is 154 cm³/mol. The Morgan fingerprint density at radius 3 is 2.33 bits per heavy atom. The summed E-state index contributed by atoms with van der Waals surface area (Å²) in [7, 11) is 1.67. The fraction of sp³-hybridized carbons (Fsp3) is 0.355. The summed E-state index contributed by atoms with van der Waals surface area (Å²) in [5.41, 5.74) is 2.61. The SMILES string of the molecule is COc1ccc(C2(CNc3nc(N4CCN(c5cccc(F)c5)CC4)nc4ccc(F)cc34)CCOCC2)cc1. The van der Waals surface area contributed by atoms with Crippen molar-refractivity contribution in [1.82, 2.24) is 9.97 Å². The number of rotatable bonds is 7. The van der Waals surface area contributed by atoms with Gasteiger partial charge in [-0.3, -0.25) is 0 Å². The van der Waals surface area contributed by atoms with Gasteiger partial charge in [0.1, 0.15) is 23.2 Å². The maximum atomic E-state index is 14.4. The van der Waals surface area contributed by atoms with Gasteiger partial charge in [-0.15, -0.1) is 0 Å². The molecular weight excluding hydrogens is 512 g/mol. The van der Waals surface area contributed by atoms with Crippen LogP contribution in [0.3, 0.4) is 0 Å². The first-order chi connectivity index (χ1) is 19.5. The molecule has 2 fully saturated rings. The highest BCUT2D eigenvalue weighted by molar-refractivity contribution is 5.90. The van der Waals surface area contributed by atoms with E-state index in [0.717, 1.165) is 37.4 Å². The van der Waals surface area contributed by atoms with Crippen molar-refractivity contribution in [3.05, 3.63) is 83.9 Å². The molecule has 0 amide bonds. The fourth-order valence-corrected chi connectivity index (χ4v) is 5.73. The van der Waals surface area contributed by atoms with Crippen molar-refractivity contribution in [2.45, 2.75) is 18.3 Å². The highest BCUT2D eigenvalue weighted by atomic mass is 19.1. The minimum absolute atomic E-state index is 0.161. The summed E-state index contributed by atoms with van der Waals surface area (Å²) in [6, 6.07) is 19.5. The largest absolute Gasteiger partial charge is 0.497 e. The number of piperazine rings is 1. The number of halogens is 2. The second kappa shape index (κ2) is 11.3. The van der Waals surface area contributed by atoms with Gasteiger partial charge in [0.15, 0.2) is 0 Å². The molecule has 1 N–H and O–H groups in total. The zero-order valence-corrected chi connectivity index (χ0v) is 22.6. The lowest BCUT2D eigenvalue weighted by molar-refractivity contribution is 0.0543. The molecule has 1 aromatic heterocycles. The second-order valence-corrected chi connectivity index (χ2v) is 10.5. The third-order valence-electron chi connectivity index (χ3n) is 8.13. The van der Waals surface area contributed by atoms with Gasteiger partial charge in [-0.05, 0) is 66.9 Å². The Hall–Kier alpha value is -3.98. The molecule has 2 saturated heterocycles. The Bertz CT molecular complexity index is 1470. The molecule has 208 valence electrons. The maximum absolute atomic E-state index is 14.4. The molecule has 6 rings (SSSR count). The molecular formula is C31H33F2N5O2. The normalized spacial score (nSPS) is 17.2. The lowest BCUT2D eigenvalue weighted by Crippen LogP contribution is -2.47. The van der Waals surface area contributed by atoms with Crippen molar-refractivity contribution in [3.8, 4) is 5.75 Å². The summed E-state index contributed by atoms with van der Waals surface area (Å²) in [5.74, 6) is 1.47. The molecule has 0 saturated carbocycles. The van der Waals surface area contributed by atoms with Crippen LogP contribution in [0.15, 0.2) is 66.7 Å². The molecule has 4 aromatic rings. The van der Waals surface area contributed by atoms with Crippen molar-refractivity contribution in [2.24, 2.45) is 0 Å². The van der Waals surface area contributed by atoms with Crippen LogP contribution >= 0.6 is 0 Å². The molecule has 0 unspecified atom stereocenters. The van der Waals surface area contributed by atoms with Crippen LogP contribution in [-0.2, 0) is 10.2 Å². The molecule has 0 bridgehead atoms. The minimum atomic E-state index is -0.327. The number of nitrogens with zero attached hydrogens (tertiary/aromatic N) is 4. The Morgan fingerprint density at radius 2 is 1.60 bits per heavy atom. The molecule has 0 spiro atoms. The van der Waals surface area contributed by atoms with Gasteiger partial charge in [-0.2, -0.15) is 4.98 Å². The van der Waals surface area contributed by atoms with Crippen LogP contribution < -0.4 is 19.9 Å². The molecule has 2 aliphatic rings. The number of hydrogen-bond donors (Lipinski definition) is 1. The topological polar surface area (TPSA) is 62.8 Å². The number of hydrogen-bond acceptors (Lipinski definition) is 7. The van der Waals surface area contributed by atoms with Crippen molar-refractivity contribution >= 4 is 28.4 Å². The van der Waals surface area contributed by atoms with Gasteiger partial charge in [0, 0.05) is 62.4 Å². The van der Waals surface area contributed by atoms with Gasteiger partial charge in [0.25, 0.3) is 0 Å². The smallest absolute Gasteiger partial charge is 0.228 e. The van der Waals surface area contributed by atoms with Crippen LogP contribution in [0.4, 0.5) is 26.2 Å². The molecule has 0 radical (unpaired) electrons. The monoisotopic (exact) mass is 545 g/mol. The van der Waals surface area contributed by atoms with Crippen molar-refractivity contribution in [3.63, 3.8) is 0 Å². The molecule has 2 aliphatic heterocycles. The molecule has 7 nitrogen and oxygen atoms in total. The van der Waals surface area contributed by atoms with E-state index in [1.54, 1.807) is 25.3 Å². The Balaban J connectivity index is 1.27. The summed E-state index contributed by atoms with van der Waals surface area (Å²) in [6.45, 7) is 4.79. The first-order valence-corrected chi connectivity index (χ1v) is 13.7. The molecule has 9 heteroatoms. The number of fused-ring (bicyclic) bond motifs is 1. The van der Waals surface area contributed by atoms with E-state index in [0.29, 0.717) is 55.5 Å². The van der Waals surface area contributed by atoms with E-state index >= 15 is 0 Å². The highest BCUT2D eigenvalue weighted by Crippen LogP contribution is 2.37. The van der Waals surface area contributed by atoms with Crippen molar-refractivity contribution in [2.75, 3.05) is 68.2 Å². The lowest BCUT2D eigenvalue weighted by atomic mass is 9.74. The first kappa shape index (κ1) is 26.3. The Kier molecular flexibility index (Phi) is 7.38. The maximum Gasteiger partial charge on any atom is 0.228 e. The summed E-state index contributed by atoms with van der Waals surface area (Å²) in [5, 5.41) is 4.24. The van der Waals surface area contributed by atoms with Crippen LogP contribution in [0.2, 0.25) is 0 Å². The van der Waals surface area contributed by atoms with Crippen LogP contribution in [-0.4, -0.2) is 63.0 Å². The zero-order valence-electron chi connectivity index (χ0n) is 22.6. The highest BCUT2D eigenvalue weighted by Gasteiger charge is 2.35. The zero-order chi connectivity index (χ0) is 27.5. The van der Waals surface area contributed by atoms with Crippen LogP contribution in [0, 0.1) is 11.6 Å². The third kappa shape index (κ3) is 5.38. The third-order valence-corrected chi connectivity index (χ3v) is 8.13. The lowest BCUT2D eigenvalue weighted by Gasteiger charge is -2.38. The van der Waals surface area contributed by atoms with Gasteiger partial charge < -0.3 is 24.6 Å². The minimum Gasteiger partial charge on any atom is -0.497 e. The van der Waals surface area contributed by atoms with Crippen molar-refractivity contribution in [1.29, 1.82) is 0 Å².